The first-order valence-corrected chi connectivity index (χ1v) is 6.69. The molecule has 0 aliphatic rings. The zero-order valence-corrected chi connectivity index (χ0v) is 12.0. The second-order valence-corrected chi connectivity index (χ2v) is 4.59. The number of H-pyrrole nitrogens is 1. The number of nitrogen functional groups attached to an aromatic ring is 1. The van der Waals surface area contributed by atoms with Crippen molar-refractivity contribution in [3.05, 3.63) is 29.6 Å². The lowest BCUT2D eigenvalue weighted by Crippen LogP contribution is -2.31. The highest BCUT2D eigenvalue weighted by molar-refractivity contribution is 5.98. The van der Waals surface area contributed by atoms with Crippen molar-refractivity contribution in [2.75, 3.05) is 5.73 Å². The zero-order chi connectivity index (χ0) is 14.7. The van der Waals surface area contributed by atoms with Crippen molar-refractivity contribution in [3.63, 3.8) is 0 Å². The number of amides is 1. The van der Waals surface area contributed by atoms with Crippen LogP contribution < -0.4 is 11.1 Å². The summed E-state index contributed by atoms with van der Waals surface area (Å²) >= 11 is 0. The molecule has 0 saturated heterocycles. The number of nitrogens with two attached hydrogens (primary N) is 1. The van der Waals surface area contributed by atoms with E-state index in [1.165, 1.54) is 4.68 Å². The smallest absolute Gasteiger partial charge is 0.272 e. The van der Waals surface area contributed by atoms with Gasteiger partial charge in [0.1, 0.15) is 11.5 Å². The van der Waals surface area contributed by atoms with E-state index in [1.54, 1.807) is 19.4 Å². The quantitative estimate of drug-likeness (QED) is 0.762. The van der Waals surface area contributed by atoms with Gasteiger partial charge >= 0.3 is 0 Å². The molecule has 7 heteroatoms. The van der Waals surface area contributed by atoms with E-state index in [4.69, 9.17) is 5.73 Å². The third-order valence-corrected chi connectivity index (χ3v) is 3.27. The first kappa shape index (κ1) is 14.1. The summed E-state index contributed by atoms with van der Waals surface area (Å²) in [6.45, 7) is 3.94. The number of nitrogens with zero attached hydrogens (tertiary/aromatic N) is 3. The van der Waals surface area contributed by atoms with Crippen LogP contribution in [0.3, 0.4) is 0 Å². The van der Waals surface area contributed by atoms with Gasteiger partial charge in [-0.1, -0.05) is 13.8 Å². The van der Waals surface area contributed by atoms with Gasteiger partial charge in [0.05, 0.1) is 17.4 Å². The molecule has 1 amide bonds. The van der Waals surface area contributed by atoms with Gasteiger partial charge in [0, 0.05) is 19.4 Å². The van der Waals surface area contributed by atoms with E-state index in [9.17, 15) is 4.79 Å². The number of aromatic nitrogens is 4. The van der Waals surface area contributed by atoms with E-state index in [-0.39, 0.29) is 11.9 Å². The predicted octanol–water partition coefficient (Wildman–Crippen LogP) is 1.17. The van der Waals surface area contributed by atoms with E-state index in [0.717, 1.165) is 17.9 Å². The molecule has 0 radical (unpaired) electrons. The van der Waals surface area contributed by atoms with Gasteiger partial charge in [-0.05, 0) is 12.8 Å². The Morgan fingerprint density at radius 2 is 2.30 bits per heavy atom. The highest BCUT2D eigenvalue weighted by atomic mass is 16.2. The highest BCUT2D eigenvalue weighted by Crippen LogP contribution is 2.19. The molecule has 0 aliphatic heterocycles. The molecule has 1 unspecified atom stereocenters. The number of rotatable bonds is 5. The van der Waals surface area contributed by atoms with Crippen LogP contribution >= 0.6 is 0 Å². The summed E-state index contributed by atoms with van der Waals surface area (Å²) in [6, 6.07) is -0.170. The van der Waals surface area contributed by atoms with Gasteiger partial charge in [0.2, 0.25) is 0 Å². The minimum atomic E-state index is -0.236. The van der Waals surface area contributed by atoms with Gasteiger partial charge in [0.25, 0.3) is 5.91 Å². The Balaban J connectivity index is 2.22. The van der Waals surface area contributed by atoms with Crippen LogP contribution in [0.25, 0.3) is 0 Å². The average molecular weight is 276 g/mol. The number of hydrogen-bond acceptors (Lipinski definition) is 4. The Morgan fingerprint density at radius 1 is 1.55 bits per heavy atom. The molecule has 2 heterocycles. The van der Waals surface area contributed by atoms with Gasteiger partial charge < -0.3 is 16.0 Å². The summed E-state index contributed by atoms with van der Waals surface area (Å²) in [5.74, 6) is 0.498. The van der Waals surface area contributed by atoms with E-state index >= 15 is 0 Å². The maximum Gasteiger partial charge on any atom is 0.272 e. The molecule has 0 bridgehead atoms. The van der Waals surface area contributed by atoms with Crippen molar-refractivity contribution in [3.8, 4) is 0 Å². The summed E-state index contributed by atoms with van der Waals surface area (Å²) in [6.07, 6.45) is 4.83. The van der Waals surface area contributed by atoms with Crippen molar-refractivity contribution in [1.29, 1.82) is 0 Å². The second kappa shape index (κ2) is 5.77. The molecule has 0 spiro atoms. The molecule has 2 rings (SSSR count). The molecule has 0 fully saturated rings. The fraction of sp³-hybridized carbons (Fsp3) is 0.462. The summed E-state index contributed by atoms with van der Waals surface area (Å²) in [4.78, 5) is 19.6. The molecule has 1 atom stereocenters. The Hall–Kier alpha value is -2.31. The van der Waals surface area contributed by atoms with Crippen LogP contribution in [-0.4, -0.2) is 25.7 Å². The fourth-order valence-corrected chi connectivity index (χ4v) is 2.18. The van der Waals surface area contributed by atoms with Crippen LogP contribution in [0, 0.1) is 0 Å². The minimum absolute atomic E-state index is 0.170. The van der Waals surface area contributed by atoms with Gasteiger partial charge in [-0.15, -0.1) is 0 Å². The van der Waals surface area contributed by atoms with Gasteiger partial charge in [-0.25, -0.2) is 4.98 Å². The first-order valence-electron chi connectivity index (χ1n) is 6.69. The molecule has 108 valence electrons. The second-order valence-electron chi connectivity index (χ2n) is 4.59. The third-order valence-electron chi connectivity index (χ3n) is 3.27. The monoisotopic (exact) mass is 276 g/mol. The zero-order valence-electron chi connectivity index (χ0n) is 12.0. The normalized spacial score (nSPS) is 12.3. The lowest BCUT2D eigenvalue weighted by Gasteiger charge is -2.15. The molecule has 0 saturated carbocycles. The number of carbonyl (C=O) groups is 1. The molecular weight excluding hydrogens is 256 g/mol. The molecule has 7 nitrogen and oxygen atoms in total. The number of carbonyl (C=O) groups excluding carboxylic acids is 1. The van der Waals surface area contributed by atoms with E-state index in [0.29, 0.717) is 17.8 Å². The fourth-order valence-electron chi connectivity index (χ4n) is 2.18. The Kier molecular flexibility index (Phi) is 4.07. The van der Waals surface area contributed by atoms with Crippen LogP contribution in [0.4, 0.5) is 5.69 Å². The first-order chi connectivity index (χ1) is 9.58. The van der Waals surface area contributed by atoms with Crippen molar-refractivity contribution >= 4 is 11.6 Å². The van der Waals surface area contributed by atoms with Crippen molar-refractivity contribution in [2.45, 2.75) is 32.7 Å². The topological polar surface area (TPSA) is 102 Å². The number of aromatic amines is 1. The Labute approximate surface area is 117 Å². The van der Waals surface area contributed by atoms with E-state index in [1.807, 2.05) is 13.8 Å². The van der Waals surface area contributed by atoms with E-state index in [2.05, 4.69) is 20.4 Å². The van der Waals surface area contributed by atoms with Crippen LogP contribution in [0.2, 0.25) is 0 Å². The molecule has 2 aromatic rings. The Morgan fingerprint density at radius 3 is 2.80 bits per heavy atom. The van der Waals surface area contributed by atoms with Crippen LogP contribution in [0.1, 0.15) is 48.3 Å². The van der Waals surface area contributed by atoms with Crippen LogP contribution in [0.15, 0.2) is 12.4 Å². The molecule has 4 N–H and O–H groups in total. The lowest BCUT2D eigenvalue weighted by molar-refractivity contribution is 0.0925. The minimum Gasteiger partial charge on any atom is -0.395 e. The molecular formula is C13H20N6O. The Bertz CT molecular complexity index is 586. The lowest BCUT2D eigenvalue weighted by atomic mass is 10.2. The maximum absolute atomic E-state index is 12.4. The number of hydrogen-bond donors (Lipinski definition) is 3. The van der Waals surface area contributed by atoms with Crippen LogP contribution in [-0.2, 0) is 13.5 Å². The van der Waals surface area contributed by atoms with E-state index < -0.39 is 0 Å². The SMILES string of the molecule is CCc1nn(C)c(C(=O)NC(CC)c2ncc[nH]2)c1N. The average Bonchev–Trinajstić information content (AvgIpc) is 3.04. The number of imidazole rings is 1. The third kappa shape index (κ3) is 2.52. The van der Waals surface area contributed by atoms with Crippen molar-refractivity contribution < 1.29 is 4.79 Å². The van der Waals surface area contributed by atoms with Gasteiger partial charge in [-0.2, -0.15) is 5.10 Å². The number of anilines is 1. The molecule has 20 heavy (non-hydrogen) atoms. The molecule has 2 aromatic heterocycles. The largest absolute Gasteiger partial charge is 0.395 e. The number of aryl methyl sites for hydroxylation is 2. The van der Waals surface area contributed by atoms with Crippen molar-refractivity contribution in [1.82, 2.24) is 25.1 Å². The highest BCUT2D eigenvalue weighted by Gasteiger charge is 2.22. The summed E-state index contributed by atoms with van der Waals surface area (Å²) in [5.41, 5.74) is 7.56. The van der Waals surface area contributed by atoms with Crippen molar-refractivity contribution in [2.24, 2.45) is 7.05 Å². The summed E-state index contributed by atoms with van der Waals surface area (Å²) in [7, 11) is 1.72. The summed E-state index contributed by atoms with van der Waals surface area (Å²) < 4.78 is 1.53. The molecule has 0 aliphatic carbocycles. The predicted molar refractivity (Wildman–Crippen MR) is 76.1 cm³/mol. The summed E-state index contributed by atoms with van der Waals surface area (Å²) in [5, 5.41) is 7.18. The van der Waals surface area contributed by atoms with Crippen LogP contribution in [0.5, 0.6) is 0 Å². The molecule has 0 aromatic carbocycles. The standard InChI is InChI=1S/C13H20N6O/c1-4-8-10(14)11(19(3)18-8)13(20)17-9(5-2)12-15-6-7-16-12/h6-7,9H,4-5,14H2,1-3H3,(H,15,16)(H,17,20). The maximum atomic E-state index is 12.4. The van der Waals surface area contributed by atoms with Gasteiger partial charge in [-0.3, -0.25) is 9.48 Å². The van der Waals surface area contributed by atoms with Gasteiger partial charge in [0.15, 0.2) is 0 Å². The number of nitrogens with one attached hydrogen (secondary N) is 2.